The number of urea groups is 1. The smallest absolute Gasteiger partial charge is 0.319 e. The molecule has 0 saturated carbocycles. The van der Waals surface area contributed by atoms with E-state index in [4.69, 9.17) is 17.3 Å². The van der Waals surface area contributed by atoms with Gasteiger partial charge >= 0.3 is 6.03 Å². The summed E-state index contributed by atoms with van der Waals surface area (Å²) in [4.78, 5) is 26.7. The fourth-order valence-corrected chi connectivity index (χ4v) is 3.14. The molecule has 1 atom stereocenters. The van der Waals surface area contributed by atoms with Crippen LogP contribution in [0.4, 0.5) is 10.5 Å². The van der Waals surface area contributed by atoms with E-state index in [-0.39, 0.29) is 23.5 Å². The Morgan fingerprint density at radius 2 is 2.04 bits per heavy atom. The van der Waals surface area contributed by atoms with Crippen LogP contribution in [0.3, 0.4) is 0 Å². The van der Waals surface area contributed by atoms with Gasteiger partial charge in [-0.2, -0.15) is 0 Å². The van der Waals surface area contributed by atoms with Crippen molar-refractivity contribution in [2.24, 2.45) is 5.73 Å². The summed E-state index contributed by atoms with van der Waals surface area (Å²) in [6.45, 7) is 6.81. The number of rotatable bonds is 3. The highest BCUT2D eigenvalue weighted by Crippen LogP contribution is 2.25. The zero-order valence-corrected chi connectivity index (χ0v) is 15.8. The number of benzene rings is 1. The first kappa shape index (κ1) is 19.5. The third kappa shape index (κ3) is 5.34. The van der Waals surface area contributed by atoms with Crippen LogP contribution in [0.25, 0.3) is 0 Å². The lowest BCUT2D eigenvalue weighted by Gasteiger charge is -2.35. The summed E-state index contributed by atoms with van der Waals surface area (Å²) < 4.78 is 0. The number of nitrogens with zero attached hydrogens (tertiary/aromatic N) is 1. The van der Waals surface area contributed by atoms with Crippen molar-refractivity contribution in [2.45, 2.75) is 51.6 Å². The van der Waals surface area contributed by atoms with Gasteiger partial charge in [-0.15, -0.1) is 0 Å². The summed E-state index contributed by atoms with van der Waals surface area (Å²) in [6, 6.07) is 4.64. The Kier molecular flexibility index (Phi) is 6.30. The van der Waals surface area contributed by atoms with Crippen molar-refractivity contribution in [3.63, 3.8) is 0 Å². The Hall–Kier alpha value is -1.79. The SMILES string of the molecule is CC(C)(C)NC(=O)Nc1ccc(Cl)c(C(=O)N2CCCCC2CN)c1. The quantitative estimate of drug-likeness (QED) is 0.767. The number of hydrogen-bond donors (Lipinski definition) is 3. The molecule has 0 aromatic heterocycles. The molecule has 6 nitrogen and oxygen atoms in total. The van der Waals surface area contributed by atoms with Crippen LogP contribution in [-0.2, 0) is 0 Å². The third-order valence-electron chi connectivity index (χ3n) is 4.10. The van der Waals surface area contributed by atoms with Crippen molar-refractivity contribution >= 4 is 29.2 Å². The predicted octanol–water partition coefficient (Wildman–Crippen LogP) is 3.21. The lowest BCUT2D eigenvalue weighted by Crippen LogP contribution is -2.47. The van der Waals surface area contributed by atoms with E-state index in [1.54, 1.807) is 23.1 Å². The second-order valence-corrected chi connectivity index (χ2v) is 7.81. The molecule has 1 heterocycles. The Labute approximate surface area is 154 Å². The average molecular weight is 367 g/mol. The van der Waals surface area contributed by atoms with Crippen molar-refractivity contribution < 1.29 is 9.59 Å². The number of hydrogen-bond acceptors (Lipinski definition) is 3. The van der Waals surface area contributed by atoms with Gasteiger partial charge < -0.3 is 21.3 Å². The second kappa shape index (κ2) is 8.06. The Morgan fingerprint density at radius 1 is 1.32 bits per heavy atom. The van der Waals surface area contributed by atoms with Crippen molar-refractivity contribution in [3.8, 4) is 0 Å². The standard InChI is InChI=1S/C18H27ClN4O2/c1-18(2,3)22-17(25)21-12-7-8-15(19)14(10-12)16(24)23-9-5-4-6-13(23)11-20/h7-8,10,13H,4-6,9,11,20H2,1-3H3,(H2,21,22,25). The molecule has 1 aromatic carbocycles. The number of halogens is 1. The molecule has 1 aliphatic rings. The van der Waals surface area contributed by atoms with Gasteiger partial charge in [-0.1, -0.05) is 11.6 Å². The zero-order valence-electron chi connectivity index (χ0n) is 15.1. The van der Waals surface area contributed by atoms with Crippen LogP contribution in [0, 0.1) is 0 Å². The summed E-state index contributed by atoms with van der Waals surface area (Å²) in [6.07, 6.45) is 2.95. The highest BCUT2D eigenvalue weighted by atomic mass is 35.5. The van der Waals surface area contributed by atoms with E-state index in [1.165, 1.54) is 0 Å². The molecule has 4 N–H and O–H groups in total. The first-order valence-corrected chi connectivity index (χ1v) is 8.99. The van der Waals surface area contributed by atoms with Gasteiger partial charge in [0.1, 0.15) is 0 Å². The maximum Gasteiger partial charge on any atom is 0.319 e. The summed E-state index contributed by atoms with van der Waals surface area (Å²) >= 11 is 6.24. The molecule has 1 fully saturated rings. The minimum Gasteiger partial charge on any atom is -0.334 e. The number of piperidine rings is 1. The van der Waals surface area contributed by atoms with E-state index in [0.717, 1.165) is 19.3 Å². The maximum absolute atomic E-state index is 12.9. The van der Waals surface area contributed by atoms with Crippen molar-refractivity contribution in [1.29, 1.82) is 0 Å². The van der Waals surface area contributed by atoms with E-state index in [2.05, 4.69) is 10.6 Å². The highest BCUT2D eigenvalue weighted by molar-refractivity contribution is 6.34. The maximum atomic E-state index is 12.9. The van der Waals surface area contributed by atoms with Gasteiger partial charge in [0, 0.05) is 30.4 Å². The van der Waals surface area contributed by atoms with Crippen LogP contribution in [0.15, 0.2) is 18.2 Å². The molecule has 0 spiro atoms. The van der Waals surface area contributed by atoms with Crippen LogP contribution in [0.1, 0.15) is 50.4 Å². The molecule has 1 aromatic rings. The van der Waals surface area contributed by atoms with Gasteiger partial charge in [0.15, 0.2) is 0 Å². The number of anilines is 1. The number of carbonyl (C=O) groups is 2. The predicted molar refractivity (Wildman–Crippen MR) is 101 cm³/mol. The highest BCUT2D eigenvalue weighted by Gasteiger charge is 2.28. The molecular formula is C18H27ClN4O2. The number of carbonyl (C=O) groups excluding carboxylic acids is 2. The van der Waals surface area contributed by atoms with Gasteiger partial charge in [0.2, 0.25) is 0 Å². The molecule has 25 heavy (non-hydrogen) atoms. The molecule has 1 unspecified atom stereocenters. The second-order valence-electron chi connectivity index (χ2n) is 7.41. The van der Waals surface area contributed by atoms with Gasteiger partial charge in [-0.25, -0.2) is 4.79 Å². The number of nitrogens with two attached hydrogens (primary N) is 1. The van der Waals surface area contributed by atoms with Crippen LogP contribution in [0.2, 0.25) is 5.02 Å². The average Bonchev–Trinajstić information content (AvgIpc) is 2.54. The van der Waals surface area contributed by atoms with E-state index < -0.39 is 0 Å². The fourth-order valence-electron chi connectivity index (χ4n) is 2.94. The topological polar surface area (TPSA) is 87.5 Å². The Balaban J connectivity index is 2.18. The van der Waals surface area contributed by atoms with Crippen LogP contribution in [0.5, 0.6) is 0 Å². The molecule has 2 rings (SSSR count). The summed E-state index contributed by atoms with van der Waals surface area (Å²) in [5.74, 6) is -0.139. The van der Waals surface area contributed by atoms with Gasteiger partial charge in [-0.05, 0) is 58.2 Å². The lowest BCUT2D eigenvalue weighted by molar-refractivity contribution is 0.0623. The molecule has 7 heteroatoms. The van der Waals surface area contributed by atoms with Crippen LogP contribution in [-0.4, -0.2) is 41.5 Å². The fraction of sp³-hybridized carbons (Fsp3) is 0.556. The molecular weight excluding hydrogens is 340 g/mol. The minimum absolute atomic E-state index is 0.0399. The van der Waals surface area contributed by atoms with E-state index >= 15 is 0 Å². The van der Waals surface area contributed by atoms with Crippen molar-refractivity contribution in [2.75, 3.05) is 18.4 Å². The minimum atomic E-state index is -0.350. The number of nitrogens with one attached hydrogen (secondary N) is 2. The first-order chi connectivity index (χ1) is 11.7. The first-order valence-electron chi connectivity index (χ1n) is 8.61. The van der Waals surface area contributed by atoms with Gasteiger partial charge in [0.25, 0.3) is 5.91 Å². The largest absolute Gasteiger partial charge is 0.334 e. The summed E-state index contributed by atoms with van der Waals surface area (Å²) in [5.41, 5.74) is 6.37. The summed E-state index contributed by atoms with van der Waals surface area (Å²) in [5, 5.41) is 5.93. The number of likely N-dealkylation sites (tertiary alicyclic amines) is 1. The van der Waals surface area contributed by atoms with Crippen LogP contribution < -0.4 is 16.4 Å². The monoisotopic (exact) mass is 366 g/mol. The van der Waals surface area contributed by atoms with E-state index in [0.29, 0.717) is 29.4 Å². The van der Waals surface area contributed by atoms with E-state index in [1.807, 2.05) is 20.8 Å². The molecule has 1 aliphatic heterocycles. The molecule has 0 bridgehead atoms. The van der Waals surface area contributed by atoms with Crippen LogP contribution >= 0.6 is 11.6 Å². The summed E-state index contributed by atoms with van der Waals surface area (Å²) in [7, 11) is 0. The van der Waals surface area contributed by atoms with Gasteiger partial charge in [0.05, 0.1) is 10.6 Å². The van der Waals surface area contributed by atoms with E-state index in [9.17, 15) is 9.59 Å². The molecule has 0 radical (unpaired) electrons. The lowest BCUT2D eigenvalue weighted by atomic mass is 10.0. The third-order valence-corrected chi connectivity index (χ3v) is 4.43. The van der Waals surface area contributed by atoms with Crippen molar-refractivity contribution in [1.82, 2.24) is 10.2 Å². The normalized spacial score (nSPS) is 18.0. The molecule has 3 amide bonds. The number of amides is 3. The van der Waals surface area contributed by atoms with Crippen molar-refractivity contribution in [3.05, 3.63) is 28.8 Å². The molecule has 1 saturated heterocycles. The Morgan fingerprint density at radius 3 is 2.68 bits per heavy atom. The van der Waals surface area contributed by atoms with Gasteiger partial charge in [-0.3, -0.25) is 4.79 Å². The molecule has 138 valence electrons. The molecule has 0 aliphatic carbocycles. The Bertz CT molecular complexity index is 642. The zero-order chi connectivity index (χ0) is 18.6.